The van der Waals surface area contributed by atoms with E-state index in [9.17, 15) is 4.79 Å². The molecule has 1 fully saturated rings. The highest BCUT2D eigenvalue weighted by molar-refractivity contribution is 5.89. The SMILES string of the molecule is O=C(O)c1cc2c(cn1)ncn2CCC1CCCCC1. The van der Waals surface area contributed by atoms with Gasteiger partial charge < -0.3 is 9.67 Å². The van der Waals surface area contributed by atoms with Crippen LogP contribution in [0.1, 0.15) is 49.0 Å². The van der Waals surface area contributed by atoms with Gasteiger partial charge in [0.05, 0.1) is 18.0 Å². The Morgan fingerprint density at radius 1 is 1.30 bits per heavy atom. The summed E-state index contributed by atoms with van der Waals surface area (Å²) in [4.78, 5) is 19.2. The summed E-state index contributed by atoms with van der Waals surface area (Å²) in [6.45, 7) is 0.907. The van der Waals surface area contributed by atoms with Crippen molar-refractivity contribution in [3.05, 3.63) is 24.3 Å². The number of aromatic nitrogens is 3. The molecular formula is C15H19N3O2. The highest BCUT2D eigenvalue weighted by Gasteiger charge is 2.14. The van der Waals surface area contributed by atoms with Crippen molar-refractivity contribution in [1.82, 2.24) is 14.5 Å². The number of aromatic carboxylic acids is 1. The van der Waals surface area contributed by atoms with Crippen LogP contribution in [-0.2, 0) is 6.54 Å². The molecule has 1 N–H and O–H groups in total. The lowest BCUT2D eigenvalue weighted by Crippen LogP contribution is -2.10. The van der Waals surface area contributed by atoms with E-state index in [0.29, 0.717) is 0 Å². The van der Waals surface area contributed by atoms with E-state index in [-0.39, 0.29) is 5.69 Å². The molecule has 2 heterocycles. The molecule has 1 aliphatic carbocycles. The number of hydrogen-bond acceptors (Lipinski definition) is 3. The second kappa shape index (κ2) is 5.61. The topological polar surface area (TPSA) is 68.0 Å². The van der Waals surface area contributed by atoms with Gasteiger partial charge in [0.2, 0.25) is 0 Å². The number of pyridine rings is 1. The van der Waals surface area contributed by atoms with Crippen LogP contribution in [0.15, 0.2) is 18.6 Å². The summed E-state index contributed by atoms with van der Waals surface area (Å²) in [5, 5.41) is 9.01. The Balaban J connectivity index is 1.76. The molecular weight excluding hydrogens is 254 g/mol. The summed E-state index contributed by atoms with van der Waals surface area (Å²) in [7, 11) is 0. The van der Waals surface area contributed by atoms with Crippen molar-refractivity contribution in [2.45, 2.75) is 45.1 Å². The fourth-order valence-corrected chi connectivity index (χ4v) is 3.05. The van der Waals surface area contributed by atoms with Gasteiger partial charge in [0.1, 0.15) is 11.2 Å². The van der Waals surface area contributed by atoms with Gasteiger partial charge in [0.25, 0.3) is 0 Å². The number of carboxylic acids is 1. The van der Waals surface area contributed by atoms with Crippen molar-refractivity contribution < 1.29 is 9.90 Å². The van der Waals surface area contributed by atoms with Gasteiger partial charge in [0.15, 0.2) is 0 Å². The van der Waals surface area contributed by atoms with Crippen molar-refractivity contribution >= 4 is 17.0 Å². The molecule has 0 radical (unpaired) electrons. The summed E-state index contributed by atoms with van der Waals surface area (Å²) < 4.78 is 2.05. The van der Waals surface area contributed by atoms with Gasteiger partial charge in [-0.25, -0.2) is 14.8 Å². The summed E-state index contributed by atoms with van der Waals surface area (Å²) >= 11 is 0. The van der Waals surface area contributed by atoms with E-state index in [1.165, 1.54) is 38.3 Å². The lowest BCUT2D eigenvalue weighted by atomic mass is 9.87. The average molecular weight is 273 g/mol. The zero-order valence-electron chi connectivity index (χ0n) is 11.5. The van der Waals surface area contributed by atoms with E-state index in [1.54, 1.807) is 12.4 Å². The largest absolute Gasteiger partial charge is 0.477 e. The van der Waals surface area contributed by atoms with E-state index in [2.05, 4.69) is 14.5 Å². The van der Waals surface area contributed by atoms with E-state index < -0.39 is 5.97 Å². The normalized spacial score (nSPS) is 16.6. The molecule has 0 aromatic carbocycles. The zero-order chi connectivity index (χ0) is 13.9. The molecule has 0 unspecified atom stereocenters. The first-order valence-electron chi connectivity index (χ1n) is 7.28. The predicted octanol–water partition coefficient (Wildman–Crippen LogP) is 3.10. The Bertz CT molecular complexity index is 615. The standard InChI is InChI=1S/C15H19N3O2/c19-15(20)12-8-14-13(9-16-12)17-10-18(14)7-6-11-4-2-1-3-5-11/h8-11H,1-7H2,(H,19,20). The Hall–Kier alpha value is -1.91. The highest BCUT2D eigenvalue weighted by Crippen LogP contribution is 2.27. The molecule has 0 bridgehead atoms. The highest BCUT2D eigenvalue weighted by atomic mass is 16.4. The van der Waals surface area contributed by atoms with Crippen LogP contribution in [0.3, 0.4) is 0 Å². The molecule has 2 aromatic heterocycles. The summed E-state index contributed by atoms with van der Waals surface area (Å²) in [6, 6.07) is 1.62. The summed E-state index contributed by atoms with van der Waals surface area (Å²) in [5.41, 5.74) is 1.71. The van der Waals surface area contributed by atoms with Crippen LogP contribution in [0.5, 0.6) is 0 Å². The fraction of sp³-hybridized carbons (Fsp3) is 0.533. The van der Waals surface area contributed by atoms with Crippen LogP contribution < -0.4 is 0 Å². The third-order valence-electron chi connectivity index (χ3n) is 4.23. The number of imidazole rings is 1. The van der Waals surface area contributed by atoms with E-state index >= 15 is 0 Å². The minimum Gasteiger partial charge on any atom is -0.477 e. The van der Waals surface area contributed by atoms with Gasteiger partial charge in [-0.05, 0) is 18.4 Å². The minimum absolute atomic E-state index is 0.0805. The number of carbonyl (C=O) groups is 1. The number of aryl methyl sites for hydroxylation is 1. The van der Waals surface area contributed by atoms with Crippen LogP contribution in [0.25, 0.3) is 11.0 Å². The zero-order valence-corrected chi connectivity index (χ0v) is 11.5. The molecule has 2 aromatic rings. The van der Waals surface area contributed by atoms with Gasteiger partial charge in [-0.2, -0.15) is 0 Å². The molecule has 0 amide bonds. The first kappa shape index (κ1) is 13.1. The van der Waals surface area contributed by atoms with Gasteiger partial charge in [0, 0.05) is 6.54 Å². The second-order valence-corrected chi connectivity index (χ2v) is 5.59. The number of rotatable bonds is 4. The third-order valence-corrected chi connectivity index (χ3v) is 4.23. The van der Waals surface area contributed by atoms with Gasteiger partial charge in [-0.3, -0.25) is 0 Å². The Morgan fingerprint density at radius 2 is 2.10 bits per heavy atom. The monoisotopic (exact) mass is 273 g/mol. The van der Waals surface area contributed by atoms with Crippen molar-refractivity contribution in [1.29, 1.82) is 0 Å². The van der Waals surface area contributed by atoms with Crippen LogP contribution in [0.2, 0.25) is 0 Å². The molecule has 0 aliphatic heterocycles. The smallest absolute Gasteiger partial charge is 0.354 e. The van der Waals surface area contributed by atoms with Crippen LogP contribution >= 0.6 is 0 Å². The molecule has 5 nitrogen and oxygen atoms in total. The van der Waals surface area contributed by atoms with Crippen LogP contribution in [0.4, 0.5) is 0 Å². The van der Waals surface area contributed by atoms with E-state index in [0.717, 1.165) is 29.9 Å². The Kier molecular flexibility index (Phi) is 3.67. The second-order valence-electron chi connectivity index (χ2n) is 5.59. The molecule has 1 aliphatic rings. The maximum atomic E-state index is 11.0. The first-order chi connectivity index (χ1) is 9.74. The van der Waals surface area contributed by atoms with Gasteiger partial charge >= 0.3 is 5.97 Å². The minimum atomic E-state index is -0.994. The van der Waals surface area contributed by atoms with Crippen molar-refractivity contribution in [3.63, 3.8) is 0 Å². The maximum absolute atomic E-state index is 11.0. The molecule has 0 saturated heterocycles. The number of nitrogens with zero attached hydrogens (tertiary/aromatic N) is 3. The summed E-state index contributed by atoms with van der Waals surface area (Å²) in [6.07, 6.45) is 11.2. The Labute approximate surface area is 117 Å². The molecule has 20 heavy (non-hydrogen) atoms. The van der Waals surface area contributed by atoms with Gasteiger partial charge in [-0.1, -0.05) is 32.1 Å². The summed E-state index contributed by atoms with van der Waals surface area (Å²) in [5.74, 6) is -0.186. The average Bonchev–Trinajstić information content (AvgIpc) is 2.88. The predicted molar refractivity (Wildman–Crippen MR) is 75.7 cm³/mol. The quantitative estimate of drug-likeness (QED) is 0.929. The van der Waals surface area contributed by atoms with Crippen molar-refractivity contribution in [2.75, 3.05) is 0 Å². The number of fused-ring (bicyclic) bond motifs is 1. The molecule has 1 saturated carbocycles. The van der Waals surface area contributed by atoms with E-state index in [4.69, 9.17) is 5.11 Å². The number of hydrogen-bond donors (Lipinski definition) is 1. The first-order valence-corrected chi connectivity index (χ1v) is 7.28. The molecule has 106 valence electrons. The van der Waals surface area contributed by atoms with Crippen molar-refractivity contribution in [2.24, 2.45) is 5.92 Å². The van der Waals surface area contributed by atoms with Crippen LogP contribution in [0, 0.1) is 5.92 Å². The molecule has 0 spiro atoms. The molecule has 5 heteroatoms. The third kappa shape index (κ3) is 2.66. The molecule has 3 rings (SSSR count). The molecule has 0 atom stereocenters. The Morgan fingerprint density at radius 3 is 2.85 bits per heavy atom. The fourth-order valence-electron chi connectivity index (χ4n) is 3.05. The van der Waals surface area contributed by atoms with Crippen molar-refractivity contribution in [3.8, 4) is 0 Å². The lowest BCUT2D eigenvalue weighted by molar-refractivity contribution is 0.0690. The maximum Gasteiger partial charge on any atom is 0.354 e. The van der Waals surface area contributed by atoms with Crippen LogP contribution in [-0.4, -0.2) is 25.6 Å². The van der Waals surface area contributed by atoms with Gasteiger partial charge in [-0.15, -0.1) is 0 Å². The number of carboxylic acid groups (broad SMARTS) is 1. The lowest BCUT2D eigenvalue weighted by Gasteiger charge is -2.21. The van der Waals surface area contributed by atoms with E-state index in [1.807, 2.05) is 0 Å².